The van der Waals surface area contributed by atoms with Crippen molar-refractivity contribution in [3.63, 3.8) is 0 Å². The third-order valence-corrected chi connectivity index (χ3v) is 5.71. The second kappa shape index (κ2) is 7.24. The molecule has 0 aliphatic heterocycles. The van der Waals surface area contributed by atoms with Gasteiger partial charge >= 0.3 is 0 Å². The minimum absolute atomic E-state index is 0.512. The zero-order valence-corrected chi connectivity index (χ0v) is 16.3. The van der Waals surface area contributed by atoms with E-state index in [0.717, 1.165) is 27.8 Å². The molecular weight excluding hydrogens is 370 g/mol. The van der Waals surface area contributed by atoms with Gasteiger partial charge in [-0.25, -0.2) is 0 Å². The minimum Gasteiger partial charge on any atom is -0.338 e. The molecule has 0 saturated heterocycles. The van der Waals surface area contributed by atoms with Gasteiger partial charge in [-0.2, -0.15) is 4.98 Å². The molecule has 0 amide bonds. The van der Waals surface area contributed by atoms with Crippen molar-refractivity contribution in [1.82, 2.24) is 24.9 Å². The number of aromatic nitrogens is 5. The molecule has 140 valence electrons. The van der Waals surface area contributed by atoms with Gasteiger partial charge in [0.15, 0.2) is 5.16 Å². The molecule has 2 aromatic carbocycles. The maximum Gasteiger partial charge on any atom is 0.237 e. The summed E-state index contributed by atoms with van der Waals surface area (Å²) in [6, 6.07) is 18.3. The van der Waals surface area contributed by atoms with E-state index in [0.29, 0.717) is 23.4 Å². The SMILES string of the molecule is Cc1ccccc1-c1noc(CSc2nnc(C3CC3)n2-c2ccccc2)n1. The molecule has 4 aromatic rings. The Hall–Kier alpha value is -2.93. The number of benzene rings is 2. The number of nitrogens with zero attached hydrogens (tertiary/aromatic N) is 5. The molecule has 0 bridgehead atoms. The maximum atomic E-state index is 5.47. The first kappa shape index (κ1) is 17.2. The molecule has 0 radical (unpaired) electrons. The van der Waals surface area contributed by atoms with E-state index >= 15 is 0 Å². The van der Waals surface area contributed by atoms with Crippen LogP contribution in [0.3, 0.4) is 0 Å². The number of rotatable bonds is 6. The first-order valence-electron chi connectivity index (χ1n) is 9.32. The molecule has 2 aromatic heterocycles. The molecule has 7 heteroatoms. The van der Waals surface area contributed by atoms with Crippen molar-refractivity contribution < 1.29 is 4.52 Å². The van der Waals surface area contributed by atoms with Crippen molar-refractivity contribution in [2.24, 2.45) is 0 Å². The number of hydrogen-bond donors (Lipinski definition) is 0. The molecule has 0 unspecified atom stereocenters. The standard InChI is InChI=1S/C21H19N5OS/c1-14-7-5-6-10-17(14)19-22-18(27-25-19)13-28-21-24-23-20(15-11-12-15)26(21)16-8-3-2-4-9-16/h2-10,15H,11-13H2,1H3. The van der Waals surface area contributed by atoms with Crippen molar-refractivity contribution >= 4 is 11.8 Å². The molecule has 1 saturated carbocycles. The summed E-state index contributed by atoms with van der Waals surface area (Å²) in [6.45, 7) is 2.04. The Kier molecular flexibility index (Phi) is 4.44. The molecule has 0 atom stereocenters. The molecule has 1 fully saturated rings. The highest BCUT2D eigenvalue weighted by molar-refractivity contribution is 7.98. The summed E-state index contributed by atoms with van der Waals surface area (Å²) in [7, 11) is 0. The van der Waals surface area contributed by atoms with E-state index in [2.05, 4.69) is 37.0 Å². The van der Waals surface area contributed by atoms with Crippen LogP contribution >= 0.6 is 11.8 Å². The summed E-state index contributed by atoms with van der Waals surface area (Å²) in [4.78, 5) is 4.56. The van der Waals surface area contributed by atoms with Gasteiger partial charge in [-0.3, -0.25) is 4.57 Å². The number of para-hydroxylation sites is 1. The van der Waals surface area contributed by atoms with Gasteiger partial charge in [0.2, 0.25) is 11.7 Å². The average molecular weight is 389 g/mol. The second-order valence-corrected chi connectivity index (χ2v) is 7.84. The van der Waals surface area contributed by atoms with E-state index in [1.165, 1.54) is 12.8 Å². The monoisotopic (exact) mass is 389 g/mol. The second-order valence-electron chi connectivity index (χ2n) is 6.90. The molecule has 2 heterocycles. The molecule has 1 aliphatic rings. The maximum absolute atomic E-state index is 5.47. The Morgan fingerprint density at radius 2 is 1.82 bits per heavy atom. The van der Waals surface area contributed by atoms with Crippen LogP contribution < -0.4 is 0 Å². The molecule has 0 spiro atoms. The van der Waals surface area contributed by atoms with Gasteiger partial charge in [-0.05, 0) is 37.5 Å². The fourth-order valence-electron chi connectivity index (χ4n) is 3.17. The Morgan fingerprint density at radius 1 is 1.04 bits per heavy atom. The van der Waals surface area contributed by atoms with Crippen LogP contribution in [0.2, 0.25) is 0 Å². The van der Waals surface area contributed by atoms with Crippen LogP contribution in [-0.4, -0.2) is 24.9 Å². The van der Waals surface area contributed by atoms with Crippen molar-refractivity contribution in [2.75, 3.05) is 0 Å². The fourth-order valence-corrected chi connectivity index (χ4v) is 3.97. The Bertz CT molecular complexity index is 1100. The number of thioether (sulfide) groups is 1. The van der Waals surface area contributed by atoms with Gasteiger partial charge in [-0.15, -0.1) is 10.2 Å². The number of aryl methyl sites for hydroxylation is 1. The molecule has 1 aliphatic carbocycles. The molecular formula is C21H19N5OS. The molecule has 6 nitrogen and oxygen atoms in total. The van der Waals surface area contributed by atoms with Crippen LogP contribution in [0.4, 0.5) is 0 Å². The van der Waals surface area contributed by atoms with Crippen LogP contribution in [0.15, 0.2) is 64.3 Å². The van der Waals surface area contributed by atoms with E-state index < -0.39 is 0 Å². The lowest BCUT2D eigenvalue weighted by molar-refractivity contribution is 0.391. The first-order chi connectivity index (χ1) is 13.8. The average Bonchev–Trinajstić information content (AvgIpc) is 3.31. The van der Waals surface area contributed by atoms with Crippen LogP contribution in [-0.2, 0) is 5.75 Å². The third kappa shape index (κ3) is 3.33. The molecule has 28 heavy (non-hydrogen) atoms. The van der Waals surface area contributed by atoms with E-state index in [9.17, 15) is 0 Å². The lowest BCUT2D eigenvalue weighted by atomic mass is 10.1. The minimum atomic E-state index is 0.512. The predicted molar refractivity (Wildman–Crippen MR) is 107 cm³/mol. The van der Waals surface area contributed by atoms with Gasteiger partial charge in [0, 0.05) is 17.2 Å². The Labute approximate surface area is 167 Å². The van der Waals surface area contributed by atoms with Crippen LogP contribution in [0, 0.1) is 6.92 Å². The van der Waals surface area contributed by atoms with Crippen molar-refractivity contribution in [1.29, 1.82) is 0 Å². The zero-order valence-electron chi connectivity index (χ0n) is 15.4. The van der Waals surface area contributed by atoms with E-state index in [4.69, 9.17) is 4.52 Å². The summed E-state index contributed by atoms with van der Waals surface area (Å²) in [6.07, 6.45) is 2.36. The van der Waals surface area contributed by atoms with Gasteiger partial charge in [0.25, 0.3) is 0 Å². The van der Waals surface area contributed by atoms with E-state index in [1.54, 1.807) is 11.8 Å². The van der Waals surface area contributed by atoms with Crippen LogP contribution in [0.25, 0.3) is 17.1 Å². The van der Waals surface area contributed by atoms with Gasteiger partial charge in [-0.1, -0.05) is 59.4 Å². The summed E-state index contributed by atoms with van der Waals surface area (Å²) < 4.78 is 7.62. The Morgan fingerprint density at radius 3 is 2.61 bits per heavy atom. The lowest BCUT2D eigenvalue weighted by Gasteiger charge is -2.08. The predicted octanol–water partition coefficient (Wildman–Crippen LogP) is 4.80. The van der Waals surface area contributed by atoms with Gasteiger partial charge < -0.3 is 4.52 Å². The topological polar surface area (TPSA) is 69.6 Å². The first-order valence-corrected chi connectivity index (χ1v) is 10.3. The Balaban J connectivity index is 1.39. The van der Waals surface area contributed by atoms with Crippen molar-refractivity contribution in [2.45, 2.75) is 36.6 Å². The van der Waals surface area contributed by atoms with Crippen LogP contribution in [0.5, 0.6) is 0 Å². The van der Waals surface area contributed by atoms with E-state index in [1.807, 2.05) is 49.4 Å². The van der Waals surface area contributed by atoms with E-state index in [-0.39, 0.29) is 0 Å². The summed E-state index contributed by atoms with van der Waals surface area (Å²) >= 11 is 1.57. The highest BCUT2D eigenvalue weighted by Crippen LogP contribution is 2.41. The highest BCUT2D eigenvalue weighted by Gasteiger charge is 2.31. The molecule has 5 rings (SSSR count). The molecule has 0 N–H and O–H groups in total. The normalized spacial score (nSPS) is 13.8. The summed E-state index contributed by atoms with van der Waals surface area (Å²) in [5.74, 6) is 3.31. The zero-order chi connectivity index (χ0) is 18.9. The summed E-state index contributed by atoms with van der Waals surface area (Å²) in [5.41, 5.74) is 3.20. The highest BCUT2D eigenvalue weighted by atomic mass is 32.2. The van der Waals surface area contributed by atoms with Gasteiger partial charge in [0.1, 0.15) is 5.82 Å². The number of hydrogen-bond acceptors (Lipinski definition) is 6. The van der Waals surface area contributed by atoms with Crippen LogP contribution in [0.1, 0.15) is 36.0 Å². The van der Waals surface area contributed by atoms with Crippen molar-refractivity contribution in [3.05, 3.63) is 71.9 Å². The smallest absolute Gasteiger partial charge is 0.237 e. The van der Waals surface area contributed by atoms with Crippen molar-refractivity contribution in [3.8, 4) is 17.1 Å². The largest absolute Gasteiger partial charge is 0.338 e. The quantitative estimate of drug-likeness (QED) is 0.441. The summed E-state index contributed by atoms with van der Waals surface area (Å²) in [5, 5.41) is 13.9. The van der Waals surface area contributed by atoms with Gasteiger partial charge in [0.05, 0.1) is 5.75 Å². The fraction of sp³-hybridized carbons (Fsp3) is 0.238. The lowest BCUT2D eigenvalue weighted by Crippen LogP contribution is -2.01. The third-order valence-electron chi connectivity index (χ3n) is 4.79.